The average Bonchev–Trinajstić information content (AvgIpc) is 3.17. The van der Waals surface area contributed by atoms with Gasteiger partial charge in [-0.15, -0.1) is 0 Å². The number of nitrogens with zero attached hydrogens (tertiary/aromatic N) is 5. The number of benzene rings is 2. The first-order valence-electron chi connectivity index (χ1n) is 10.3. The molecule has 1 saturated carbocycles. The van der Waals surface area contributed by atoms with E-state index < -0.39 is 0 Å². The molecule has 7 heteroatoms. The van der Waals surface area contributed by atoms with Gasteiger partial charge in [-0.25, -0.2) is 9.97 Å². The maximum Gasteiger partial charge on any atom is 0.128 e. The molecule has 0 atom stereocenters. The molecule has 0 unspecified atom stereocenters. The Morgan fingerprint density at radius 2 is 1.74 bits per heavy atom. The van der Waals surface area contributed by atoms with Gasteiger partial charge in [0, 0.05) is 17.0 Å². The molecule has 3 aromatic heterocycles. The van der Waals surface area contributed by atoms with E-state index in [1.165, 1.54) is 0 Å². The van der Waals surface area contributed by atoms with Crippen LogP contribution >= 0.6 is 0 Å². The Kier molecular flexibility index (Phi) is 3.97. The second-order valence-corrected chi connectivity index (χ2v) is 8.02. The minimum Gasteiger partial charge on any atom is -0.393 e. The van der Waals surface area contributed by atoms with E-state index in [4.69, 9.17) is 15.7 Å². The molecule has 152 valence electrons. The zero-order valence-electron chi connectivity index (χ0n) is 16.7. The van der Waals surface area contributed by atoms with Crippen molar-refractivity contribution in [3.8, 4) is 22.5 Å². The molecule has 3 heterocycles. The topological polar surface area (TPSA) is 102 Å². The van der Waals surface area contributed by atoms with Crippen LogP contribution in [0.15, 0.2) is 67.1 Å². The van der Waals surface area contributed by atoms with Gasteiger partial charge in [0.05, 0.1) is 52.6 Å². The van der Waals surface area contributed by atoms with Crippen molar-refractivity contribution >= 4 is 22.4 Å². The van der Waals surface area contributed by atoms with Crippen LogP contribution in [-0.4, -0.2) is 35.5 Å². The lowest BCUT2D eigenvalue weighted by atomic mass is 9.82. The monoisotopic (exact) mass is 408 g/mol. The summed E-state index contributed by atoms with van der Waals surface area (Å²) in [6, 6.07) is 16.0. The van der Waals surface area contributed by atoms with E-state index >= 15 is 0 Å². The third kappa shape index (κ3) is 2.93. The quantitative estimate of drug-likeness (QED) is 0.470. The van der Waals surface area contributed by atoms with E-state index in [1.807, 2.05) is 52.9 Å². The number of aromatic nitrogens is 5. The zero-order valence-corrected chi connectivity index (χ0v) is 16.7. The largest absolute Gasteiger partial charge is 0.393 e. The van der Waals surface area contributed by atoms with Crippen LogP contribution in [0, 0.1) is 0 Å². The summed E-state index contributed by atoms with van der Waals surface area (Å²) in [6.45, 7) is 0. The molecule has 31 heavy (non-hydrogen) atoms. The summed E-state index contributed by atoms with van der Waals surface area (Å²) >= 11 is 0. The van der Waals surface area contributed by atoms with Gasteiger partial charge in [0.2, 0.25) is 0 Å². The van der Waals surface area contributed by atoms with Gasteiger partial charge in [-0.3, -0.25) is 14.4 Å². The van der Waals surface area contributed by atoms with Crippen LogP contribution in [0.5, 0.6) is 0 Å². The Balaban J connectivity index is 1.51. The second kappa shape index (κ2) is 6.85. The lowest BCUT2D eigenvalue weighted by Crippen LogP contribution is -2.28. The number of aliphatic hydroxyl groups is 1. The Morgan fingerprint density at radius 1 is 0.903 bits per heavy atom. The van der Waals surface area contributed by atoms with Crippen molar-refractivity contribution in [3.05, 3.63) is 72.9 Å². The smallest absolute Gasteiger partial charge is 0.128 e. The number of hydrogen-bond acceptors (Lipinski definition) is 6. The number of nitrogen functional groups attached to an aromatic ring is 1. The highest BCUT2D eigenvalue weighted by molar-refractivity contribution is 5.86. The van der Waals surface area contributed by atoms with Crippen molar-refractivity contribution in [1.29, 1.82) is 0 Å². The molecule has 0 bridgehead atoms. The summed E-state index contributed by atoms with van der Waals surface area (Å²) in [5.41, 5.74) is 12.3. The van der Waals surface area contributed by atoms with E-state index in [0.717, 1.165) is 44.9 Å². The minimum absolute atomic E-state index is 0.186. The third-order valence-corrected chi connectivity index (χ3v) is 5.96. The van der Waals surface area contributed by atoms with Crippen molar-refractivity contribution < 1.29 is 5.11 Å². The molecule has 1 aliphatic carbocycles. The fourth-order valence-electron chi connectivity index (χ4n) is 4.28. The maximum absolute atomic E-state index is 9.79. The first-order chi connectivity index (χ1) is 15.2. The lowest BCUT2D eigenvalue weighted by molar-refractivity contribution is 0.0716. The van der Waals surface area contributed by atoms with Gasteiger partial charge in [0.25, 0.3) is 0 Å². The first-order valence-corrected chi connectivity index (χ1v) is 10.3. The fraction of sp³-hybridized carbons (Fsp3) is 0.167. The molecular formula is C24H20N6O. The van der Waals surface area contributed by atoms with Gasteiger partial charge in [0.1, 0.15) is 11.6 Å². The minimum atomic E-state index is -0.267. The van der Waals surface area contributed by atoms with Crippen LogP contribution in [0.25, 0.3) is 39.1 Å². The van der Waals surface area contributed by atoms with Crippen molar-refractivity contribution in [2.24, 2.45) is 0 Å². The number of rotatable bonds is 3. The Labute approximate surface area is 178 Å². The molecular weight excluding hydrogens is 388 g/mol. The van der Waals surface area contributed by atoms with Crippen molar-refractivity contribution in [2.45, 2.75) is 24.9 Å². The van der Waals surface area contributed by atoms with Crippen LogP contribution in [0.3, 0.4) is 0 Å². The normalized spacial score (nSPS) is 18.4. The first kappa shape index (κ1) is 18.0. The van der Waals surface area contributed by atoms with E-state index in [9.17, 15) is 5.11 Å². The van der Waals surface area contributed by atoms with E-state index in [-0.39, 0.29) is 12.0 Å². The molecule has 5 aromatic rings. The van der Waals surface area contributed by atoms with Crippen LogP contribution in [-0.2, 0) is 0 Å². The summed E-state index contributed by atoms with van der Waals surface area (Å²) in [5, 5.41) is 9.79. The molecule has 1 aliphatic rings. The number of nitrogens with two attached hydrogens (primary N) is 1. The van der Waals surface area contributed by atoms with Gasteiger partial charge in [-0.05, 0) is 25.0 Å². The molecule has 0 aliphatic heterocycles. The van der Waals surface area contributed by atoms with Crippen LogP contribution < -0.4 is 5.73 Å². The van der Waals surface area contributed by atoms with Gasteiger partial charge in [-0.2, -0.15) is 0 Å². The SMILES string of the molecule is Nc1cncc2c(-c3ccc4ncc(-c5ccccc5)nc4c3)nc(C3CC(O)C3)n12. The number of hydrogen-bond donors (Lipinski definition) is 2. The Morgan fingerprint density at radius 3 is 2.55 bits per heavy atom. The highest BCUT2D eigenvalue weighted by Gasteiger charge is 2.33. The highest BCUT2D eigenvalue weighted by Crippen LogP contribution is 2.39. The van der Waals surface area contributed by atoms with Crippen LogP contribution in [0.2, 0.25) is 0 Å². The van der Waals surface area contributed by atoms with Gasteiger partial charge in [0.15, 0.2) is 0 Å². The number of imidazole rings is 1. The third-order valence-electron chi connectivity index (χ3n) is 5.96. The molecule has 0 spiro atoms. The molecule has 1 fully saturated rings. The molecule has 0 amide bonds. The van der Waals surface area contributed by atoms with Gasteiger partial charge >= 0.3 is 0 Å². The van der Waals surface area contributed by atoms with Crippen molar-refractivity contribution in [2.75, 3.05) is 5.73 Å². The second-order valence-electron chi connectivity index (χ2n) is 8.02. The number of anilines is 1. The molecule has 3 N–H and O–H groups in total. The van der Waals surface area contributed by atoms with Crippen molar-refractivity contribution in [1.82, 2.24) is 24.3 Å². The molecule has 7 nitrogen and oxygen atoms in total. The summed E-state index contributed by atoms with van der Waals surface area (Å²) in [6.07, 6.45) is 6.35. The fourth-order valence-corrected chi connectivity index (χ4v) is 4.28. The summed E-state index contributed by atoms with van der Waals surface area (Å²) in [5.74, 6) is 1.60. The van der Waals surface area contributed by atoms with Gasteiger partial charge in [-0.1, -0.05) is 36.4 Å². The number of fused-ring (bicyclic) bond motifs is 2. The van der Waals surface area contributed by atoms with E-state index in [1.54, 1.807) is 18.6 Å². The highest BCUT2D eigenvalue weighted by atomic mass is 16.3. The molecule has 6 rings (SSSR count). The zero-order chi connectivity index (χ0) is 20.9. The van der Waals surface area contributed by atoms with Crippen LogP contribution in [0.1, 0.15) is 24.6 Å². The van der Waals surface area contributed by atoms with Gasteiger partial charge < -0.3 is 10.8 Å². The van der Waals surface area contributed by atoms with Crippen molar-refractivity contribution in [3.63, 3.8) is 0 Å². The molecule has 2 aromatic carbocycles. The lowest BCUT2D eigenvalue weighted by Gasteiger charge is -2.30. The maximum atomic E-state index is 9.79. The Bertz CT molecular complexity index is 1420. The predicted molar refractivity (Wildman–Crippen MR) is 119 cm³/mol. The standard InChI is InChI=1S/C24H20N6O/c25-22-13-26-12-21-23(29-24(30(21)22)16-8-17(31)9-16)15-6-7-18-19(10-15)28-20(11-27-18)14-4-2-1-3-5-14/h1-7,10-13,16-17,31H,8-9,25H2. The Hall–Kier alpha value is -3.84. The van der Waals surface area contributed by atoms with E-state index in [2.05, 4.69) is 9.97 Å². The predicted octanol–water partition coefficient (Wildman–Crippen LogP) is 3.83. The summed E-state index contributed by atoms with van der Waals surface area (Å²) < 4.78 is 1.95. The number of aliphatic hydroxyl groups excluding tert-OH is 1. The summed E-state index contributed by atoms with van der Waals surface area (Å²) in [4.78, 5) is 18.7. The molecule has 0 radical (unpaired) electrons. The van der Waals surface area contributed by atoms with Crippen LogP contribution in [0.4, 0.5) is 5.82 Å². The average molecular weight is 408 g/mol. The summed E-state index contributed by atoms with van der Waals surface area (Å²) in [7, 11) is 0. The van der Waals surface area contributed by atoms with E-state index in [0.29, 0.717) is 18.7 Å². The molecule has 0 saturated heterocycles.